The number of aliphatic hydroxyl groups excluding tert-OH is 1. The van der Waals surface area contributed by atoms with Crippen LogP contribution in [-0.4, -0.2) is 216 Å². The standard InChI is InChI=1S/C61H97N11O16/c1-13-37(6)53(44(87-11)33-48(77)71-31-21-25-43(71)54(88-12)38(7)55(79)66-42(60(84)85)32-40-22-16-14-17-23-40)70(10)59(83)50(35(2)3)68-58(82)52(36(4)5)69(9)49(78)34-64-56(80)41(24-20-29-63-61(62)86)65-57(81)51(39(8)73)67-45(74)26-18-15-19-30-72-46(75)27-28-47(72)76/h14,16-17,22-23,27-28,35-39,41-44,50-54,73H,13,15,18-21,24-26,29-34H2,1-12H3,(H,64,80)(H,65,81)(H,66,79)(H,67,74)(H,68,82)(H,84,85)(H3,62,63,86)/t37-,38+,39?,41-,42-,43?,44+,50-,51?,52-,53?,54+/m0/s1. The monoisotopic (exact) mass is 1240 g/mol. The average Bonchev–Trinajstić information content (AvgIpc) is 4.19. The number of amides is 12. The average molecular weight is 1240 g/mol. The van der Waals surface area contributed by atoms with Crippen LogP contribution < -0.4 is 37.6 Å². The van der Waals surface area contributed by atoms with E-state index in [0.29, 0.717) is 45.1 Å². The molecule has 12 amide bonds. The van der Waals surface area contributed by atoms with E-state index in [0.717, 1.165) is 15.4 Å². The number of likely N-dealkylation sites (N-methyl/N-ethyl adjacent to an activating group) is 2. The molecule has 27 nitrogen and oxygen atoms in total. The fraction of sp³-hybridized carbons (Fsp3) is 0.672. The number of unbranched alkanes of at least 4 members (excludes halogenated alkanes) is 2. The number of carbonyl (C=O) groups excluding carboxylic acids is 11. The lowest BCUT2D eigenvalue weighted by Crippen LogP contribution is -2.61. The Balaban J connectivity index is 1.72. The van der Waals surface area contributed by atoms with Gasteiger partial charge in [-0.1, -0.05) is 91.6 Å². The Kier molecular flexibility index (Phi) is 31.2. The normalized spacial score (nSPS) is 17.7. The predicted molar refractivity (Wildman–Crippen MR) is 324 cm³/mol. The Morgan fingerprint density at radius 3 is 1.93 bits per heavy atom. The van der Waals surface area contributed by atoms with E-state index in [9.17, 15) is 67.7 Å². The number of carboxylic acids is 1. The summed E-state index contributed by atoms with van der Waals surface area (Å²) in [5.74, 6) is -9.24. The van der Waals surface area contributed by atoms with Gasteiger partial charge in [0.25, 0.3) is 11.8 Å². The van der Waals surface area contributed by atoms with E-state index < -0.39 is 150 Å². The Labute approximate surface area is 516 Å². The number of primary amides is 1. The second-order valence-corrected chi connectivity index (χ2v) is 23.6. The number of nitrogens with zero attached hydrogens (tertiary/aromatic N) is 4. The lowest BCUT2D eigenvalue weighted by atomic mass is 9.89. The first-order valence-electron chi connectivity index (χ1n) is 30.4. The second-order valence-electron chi connectivity index (χ2n) is 23.6. The Hall–Kier alpha value is -7.52. The van der Waals surface area contributed by atoms with Crippen LogP contribution in [0.2, 0.25) is 0 Å². The van der Waals surface area contributed by atoms with Crippen molar-refractivity contribution in [1.29, 1.82) is 0 Å². The minimum Gasteiger partial charge on any atom is -0.480 e. The Bertz CT molecular complexity index is 2570. The van der Waals surface area contributed by atoms with Gasteiger partial charge in [0.2, 0.25) is 47.3 Å². The second kappa shape index (κ2) is 36.7. The largest absolute Gasteiger partial charge is 0.480 e. The Morgan fingerprint density at radius 2 is 1.38 bits per heavy atom. The van der Waals surface area contributed by atoms with Crippen LogP contribution in [0.4, 0.5) is 4.79 Å². The molecule has 12 atom stereocenters. The molecule has 492 valence electrons. The van der Waals surface area contributed by atoms with Crippen LogP contribution in [0.5, 0.6) is 0 Å². The summed E-state index contributed by atoms with van der Waals surface area (Å²) >= 11 is 0. The van der Waals surface area contributed by atoms with Crippen LogP contribution in [0.15, 0.2) is 42.5 Å². The van der Waals surface area contributed by atoms with Crippen molar-refractivity contribution in [2.24, 2.45) is 29.4 Å². The number of aliphatic hydroxyl groups is 1. The molecule has 0 saturated carbocycles. The van der Waals surface area contributed by atoms with Crippen molar-refractivity contribution in [3.8, 4) is 0 Å². The highest BCUT2D eigenvalue weighted by Gasteiger charge is 2.44. The van der Waals surface area contributed by atoms with Crippen molar-refractivity contribution in [2.75, 3.05) is 54.5 Å². The van der Waals surface area contributed by atoms with Crippen LogP contribution in [0.25, 0.3) is 0 Å². The summed E-state index contributed by atoms with van der Waals surface area (Å²) in [6.45, 7) is 13.5. The first kappa shape index (κ1) is 74.7. The van der Waals surface area contributed by atoms with E-state index in [2.05, 4.69) is 31.9 Å². The van der Waals surface area contributed by atoms with Crippen LogP contribution in [0.3, 0.4) is 0 Å². The number of benzene rings is 1. The minimum atomic E-state index is -1.51. The third-order valence-electron chi connectivity index (χ3n) is 16.4. The Morgan fingerprint density at radius 1 is 0.739 bits per heavy atom. The number of hydrogen-bond acceptors (Lipinski definition) is 15. The zero-order valence-electron chi connectivity index (χ0n) is 53.2. The third-order valence-corrected chi connectivity index (χ3v) is 16.4. The molecule has 1 fully saturated rings. The molecule has 10 N–H and O–H groups in total. The van der Waals surface area contributed by atoms with Crippen molar-refractivity contribution < 1.29 is 77.2 Å². The molecule has 1 saturated heterocycles. The van der Waals surface area contributed by atoms with E-state index in [1.165, 1.54) is 45.2 Å². The predicted octanol–water partition coefficient (Wildman–Crippen LogP) is 0.743. The van der Waals surface area contributed by atoms with E-state index in [1.807, 2.05) is 19.9 Å². The maximum atomic E-state index is 14.8. The highest BCUT2D eigenvalue weighted by atomic mass is 16.5. The molecule has 3 rings (SSSR count). The van der Waals surface area contributed by atoms with Gasteiger partial charge in [-0.25, -0.2) is 9.59 Å². The SMILES string of the molecule is CC[C@H](C)C([C@@H](CC(=O)N1CCCC1[C@H](OC)[C@@H](C)C(=O)N[C@@H](Cc1ccccc1)C(=O)O)OC)N(C)C(=O)[C@@H](NC(=O)[C@H](C(C)C)N(C)C(=O)CNC(=O)[C@H](CCCNC(N)=O)NC(=O)C(NC(=O)CCCCCN1C(=O)C=CC1=O)C(C)O)C(C)C. The first-order valence-corrected chi connectivity index (χ1v) is 30.4. The maximum Gasteiger partial charge on any atom is 0.326 e. The molecule has 2 heterocycles. The lowest BCUT2D eigenvalue weighted by Gasteiger charge is -2.41. The lowest BCUT2D eigenvalue weighted by molar-refractivity contribution is -0.149. The van der Waals surface area contributed by atoms with Crippen molar-refractivity contribution in [3.05, 3.63) is 48.0 Å². The molecule has 2 aliphatic rings. The number of ether oxygens (including phenoxy) is 2. The van der Waals surface area contributed by atoms with Gasteiger partial charge >= 0.3 is 12.0 Å². The summed E-state index contributed by atoms with van der Waals surface area (Å²) in [5, 5.41) is 36.0. The molecular weight excluding hydrogens is 1140 g/mol. The third kappa shape index (κ3) is 22.3. The van der Waals surface area contributed by atoms with Gasteiger partial charge in [-0.3, -0.25) is 52.8 Å². The van der Waals surface area contributed by atoms with Crippen molar-refractivity contribution in [3.63, 3.8) is 0 Å². The number of imide groups is 1. The highest BCUT2D eigenvalue weighted by molar-refractivity contribution is 6.12. The van der Waals surface area contributed by atoms with Crippen molar-refractivity contribution >= 4 is 71.1 Å². The number of rotatable bonds is 38. The number of urea groups is 1. The van der Waals surface area contributed by atoms with Gasteiger partial charge in [0.1, 0.15) is 30.2 Å². The molecule has 4 unspecified atom stereocenters. The molecule has 0 aliphatic carbocycles. The first-order chi connectivity index (χ1) is 41.5. The summed E-state index contributed by atoms with van der Waals surface area (Å²) in [6.07, 6.45) is 2.06. The van der Waals surface area contributed by atoms with Crippen molar-refractivity contribution in [2.45, 2.75) is 187 Å². The van der Waals surface area contributed by atoms with E-state index in [-0.39, 0.29) is 57.0 Å². The number of aliphatic carboxylic acids is 1. The number of methoxy groups -OCH3 is 2. The van der Waals surface area contributed by atoms with Crippen molar-refractivity contribution in [1.82, 2.24) is 51.5 Å². The number of carbonyl (C=O) groups is 12. The van der Waals surface area contributed by atoms with Crippen LogP contribution in [-0.2, 0) is 68.6 Å². The maximum absolute atomic E-state index is 14.8. The highest BCUT2D eigenvalue weighted by Crippen LogP contribution is 2.30. The van der Waals surface area contributed by atoms with Gasteiger partial charge in [-0.2, -0.15) is 0 Å². The molecule has 27 heteroatoms. The van der Waals surface area contributed by atoms with E-state index >= 15 is 0 Å². The van der Waals surface area contributed by atoms with E-state index in [1.54, 1.807) is 70.8 Å². The smallest absolute Gasteiger partial charge is 0.326 e. The molecular formula is C61H97N11O16. The summed E-state index contributed by atoms with van der Waals surface area (Å²) < 4.78 is 11.9. The van der Waals surface area contributed by atoms with Gasteiger partial charge in [-0.15, -0.1) is 0 Å². The molecule has 88 heavy (non-hydrogen) atoms. The number of likely N-dealkylation sites (tertiary alicyclic amines) is 1. The summed E-state index contributed by atoms with van der Waals surface area (Å²) in [7, 11) is 5.84. The van der Waals surface area contributed by atoms with Crippen LogP contribution in [0.1, 0.15) is 125 Å². The topological polar surface area (TPSA) is 375 Å². The molecule has 2 aliphatic heterocycles. The molecule has 0 bridgehead atoms. The zero-order valence-corrected chi connectivity index (χ0v) is 53.2. The van der Waals surface area contributed by atoms with Gasteiger partial charge < -0.3 is 72.0 Å². The number of hydrogen-bond donors (Lipinski definition) is 9. The van der Waals surface area contributed by atoms with Gasteiger partial charge in [0.15, 0.2) is 0 Å². The van der Waals surface area contributed by atoms with Crippen LogP contribution in [0, 0.1) is 23.7 Å². The number of nitrogens with one attached hydrogen (secondary N) is 6. The number of carboxylic acid groups (broad SMARTS) is 1. The fourth-order valence-corrected chi connectivity index (χ4v) is 11.2. The quantitative estimate of drug-likeness (QED) is 0.0326. The fourth-order valence-electron chi connectivity index (χ4n) is 11.2. The molecule has 0 spiro atoms. The zero-order chi connectivity index (χ0) is 66.1. The van der Waals surface area contributed by atoms with Gasteiger partial charge in [0.05, 0.1) is 49.3 Å². The summed E-state index contributed by atoms with van der Waals surface area (Å²) in [6, 6.07) is 0.459. The van der Waals surface area contributed by atoms with Gasteiger partial charge in [-0.05, 0) is 68.8 Å². The molecule has 1 aromatic rings. The van der Waals surface area contributed by atoms with Gasteiger partial charge in [0, 0.05) is 72.9 Å². The molecule has 1 aromatic carbocycles. The minimum absolute atomic E-state index is 0.00509. The van der Waals surface area contributed by atoms with E-state index in [4.69, 9.17) is 15.2 Å². The number of nitrogens with two attached hydrogens (primary N) is 1. The summed E-state index contributed by atoms with van der Waals surface area (Å²) in [4.78, 5) is 164. The molecule has 0 radical (unpaired) electrons. The molecule has 0 aromatic heterocycles. The van der Waals surface area contributed by atoms with Crippen LogP contribution >= 0.6 is 0 Å². The summed E-state index contributed by atoms with van der Waals surface area (Å²) in [5.41, 5.74) is 5.94.